The van der Waals surface area contributed by atoms with Crippen molar-refractivity contribution in [3.8, 4) is 28.4 Å². The number of primary amides is 1. The highest BCUT2D eigenvalue weighted by Crippen LogP contribution is 2.57. The van der Waals surface area contributed by atoms with Crippen molar-refractivity contribution in [2.24, 2.45) is 5.73 Å². The number of rotatable bonds is 5. The Morgan fingerprint density at radius 1 is 1.11 bits per heavy atom. The Morgan fingerprint density at radius 3 is 2.63 bits per heavy atom. The molecule has 2 aromatic carbocycles. The molecule has 0 bridgehead atoms. The molecule has 3 unspecified atom stereocenters. The Morgan fingerprint density at radius 2 is 1.91 bits per heavy atom. The summed E-state index contributed by atoms with van der Waals surface area (Å²) in [5.74, 6) is 0.439. The first-order valence-electron chi connectivity index (χ1n) is 10.6. The fourth-order valence-electron chi connectivity index (χ4n) is 4.27. The van der Waals surface area contributed by atoms with E-state index in [0.717, 1.165) is 12.1 Å². The molecule has 1 fully saturated rings. The number of nitrogens with zero attached hydrogens (tertiary/aromatic N) is 1. The van der Waals surface area contributed by atoms with Gasteiger partial charge in [-0.3, -0.25) is 9.78 Å². The summed E-state index contributed by atoms with van der Waals surface area (Å²) in [4.78, 5) is 27.2. The molecule has 35 heavy (non-hydrogen) atoms. The zero-order chi connectivity index (χ0) is 24.9. The number of carbonyl (C=O) groups is 2. The number of urea groups is 1. The minimum absolute atomic E-state index is 0.139. The second kappa shape index (κ2) is 8.19. The van der Waals surface area contributed by atoms with Gasteiger partial charge in [0.2, 0.25) is 0 Å². The van der Waals surface area contributed by atoms with Crippen molar-refractivity contribution >= 4 is 11.9 Å². The topological polar surface area (TPSA) is 116 Å². The van der Waals surface area contributed by atoms with Crippen molar-refractivity contribution in [3.05, 3.63) is 71.5 Å². The molecule has 3 atom stereocenters. The van der Waals surface area contributed by atoms with Crippen molar-refractivity contribution in [1.82, 2.24) is 15.6 Å². The van der Waals surface area contributed by atoms with Crippen molar-refractivity contribution in [2.75, 3.05) is 7.05 Å². The van der Waals surface area contributed by atoms with E-state index < -0.39 is 23.7 Å². The number of fused-ring (bicyclic) bond motifs is 3. The zero-order valence-corrected chi connectivity index (χ0v) is 18.2. The maximum Gasteiger partial charge on any atom is 0.416 e. The summed E-state index contributed by atoms with van der Waals surface area (Å²) in [5.41, 5.74) is 5.97. The average Bonchev–Trinajstić information content (AvgIpc) is 3.33. The van der Waals surface area contributed by atoms with Crippen LogP contribution in [0.25, 0.3) is 11.1 Å². The summed E-state index contributed by atoms with van der Waals surface area (Å²) in [6.07, 6.45) is -3.48. The standard InChI is InChI=1S/C24H19F3N4O4/c1-29-22(32)17-10-13(5-6-30-17)34-14-8-15(11-3-2-4-12(7-11)24(25,26)27)20-16(9-14)18-19(21(18)35-20)31-23(28)33/h2-10,18-19,21H,1H3,(H,29,32)(H3,28,31,33). The van der Waals surface area contributed by atoms with E-state index in [1.807, 2.05) is 0 Å². The van der Waals surface area contributed by atoms with Crippen molar-refractivity contribution < 1.29 is 32.2 Å². The zero-order valence-electron chi connectivity index (χ0n) is 18.2. The van der Waals surface area contributed by atoms with E-state index in [1.54, 1.807) is 24.3 Å². The highest BCUT2D eigenvalue weighted by molar-refractivity contribution is 5.92. The normalized spacial score (nSPS) is 19.7. The van der Waals surface area contributed by atoms with Crippen LogP contribution in [0.5, 0.6) is 17.2 Å². The van der Waals surface area contributed by atoms with E-state index in [4.69, 9.17) is 15.2 Å². The van der Waals surface area contributed by atoms with Gasteiger partial charge >= 0.3 is 12.2 Å². The van der Waals surface area contributed by atoms with Gasteiger partial charge in [0.1, 0.15) is 29.0 Å². The molecular formula is C24H19F3N4O4. The third-order valence-electron chi connectivity index (χ3n) is 5.89. The smallest absolute Gasteiger partial charge is 0.416 e. The second-order valence-electron chi connectivity index (χ2n) is 8.17. The molecule has 0 spiro atoms. The Labute approximate surface area is 197 Å². The monoisotopic (exact) mass is 484 g/mol. The maximum absolute atomic E-state index is 13.4. The fourth-order valence-corrected chi connectivity index (χ4v) is 4.27. The summed E-state index contributed by atoms with van der Waals surface area (Å²) in [6.45, 7) is 0. The number of nitrogens with one attached hydrogen (secondary N) is 2. The van der Waals surface area contributed by atoms with Crippen LogP contribution in [0, 0.1) is 0 Å². The first kappa shape index (κ1) is 22.5. The van der Waals surface area contributed by atoms with Gasteiger partial charge in [-0.1, -0.05) is 12.1 Å². The summed E-state index contributed by atoms with van der Waals surface area (Å²) >= 11 is 0. The Hall–Kier alpha value is -4.28. The summed E-state index contributed by atoms with van der Waals surface area (Å²) in [6, 6.07) is 10.2. The van der Waals surface area contributed by atoms with Crippen molar-refractivity contribution in [2.45, 2.75) is 24.2 Å². The number of ether oxygens (including phenoxy) is 2. The van der Waals surface area contributed by atoms with E-state index in [1.165, 1.54) is 25.4 Å². The average molecular weight is 484 g/mol. The molecule has 2 aliphatic rings. The van der Waals surface area contributed by atoms with Crippen LogP contribution in [-0.2, 0) is 6.18 Å². The number of amides is 3. The van der Waals surface area contributed by atoms with Gasteiger partial charge in [0.15, 0.2) is 0 Å². The maximum atomic E-state index is 13.4. The molecule has 4 N–H and O–H groups in total. The van der Waals surface area contributed by atoms with Crippen LogP contribution in [0.15, 0.2) is 54.7 Å². The van der Waals surface area contributed by atoms with E-state index in [0.29, 0.717) is 33.9 Å². The number of carbonyl (C=O) groups excluding carboxylic acids is 2. The lowest BCUT2D eigenvalue weighted by atomic mass is 9.97. The van der Waals surface area contributed by atoms with Crippen LogP contribution in [0.1, 0.15) is 27.5 Å². The molecule has 3 aromatic rings. The molecule has 0 saturated heterocycles. The highest BCUT2D eigenvalue weighted by Gasteiger charge is 2.60. The van der Waals surface area contributed by atoms with Gasteiger partial charge in [0.25, 0.3) is 5.91 Å². The number of alkyl halides is 3. The largest absolute Gasteiger partial charge is 0.487 e. The van der Waals surface area contributed by atoms with Crippen molar-refractivity contribution in [1.29, 1.82) is 0 Å². The van der Waals surface area contributed by atoms with Gasteiger partial charge in [0, 0.05) is 30.4 Å². The molecule has 5 rings (SSSR count). The van der Waals surface area contributed by atoms with Crippen LogP contribution in [0.4, 0.5) is 18.0 Å². The van der Waals surface area contributed by atoms with Gasteiger partial charge < -0.3 is 25.8 Å². The predicted molar refractivity (Wildman–Crippen MR) is 118 cm³/mol. The lowest BCUT2D eigenvalue weighted by molar-refractivity contribution is -0.137. The van der Waals surface area contributed by atoms with Crippen molar-refractivity contribution in [3.63, 3.8) is 0 Å². The minimum Gasteiger partial charge on any atom is -0.487 e. The highest BCUT2D eigenvalue weighted by atomic mass is 19.4. The number of halogens is 3. The first-order chi connectivity index (χ1) is 16.7. The molecule has 180 valence electrons. The number of hydrogen-bond donors (Lipinski definition) is 3. The summed E-state index contributed by atoms with van der Waals surface area (Å²) < 4.78 is 52.0. The first-order valence-corrected chi connectivity index (χ1v) is 10.6. The van der Waals surface area contributed by atoms with E-state index >= 15 is 0 Å². The van der Waals surface area contributed by atoms with E-state index in [2.05, 4.69) is 15.6 Å². The predicted octanol–water partition coefficient (Wildman–Crippen LogP) is 3.81. The molecule has 3 amide bonds. The number of aromatic nitrogens is 1. The lowest BCUT2D eigenvalue weighted by Gasteiger charge is -2.17. The van der Waals surface area contributed by atoms with Gasteiger partial charge in [-0.2, -0.15) is 13.2 Å². The molecule has 1 aromatic heterocycles. The molecule has 1 aliphatic carbocycles. The molecule has 8 nitrogen and oxygen atoms in total. The number of nitrogens with two attached hydrogens (primary N) is 1. The van der Waals surface area contributed by atoms with Crippen LogP contribution in [0.3, 0.4) is 0 Å². The van der Waals surface area contributed by atoms with Gasteiger partial charge in [-0.25, -0.2) is 4.79 Å². The second-order valence-corrected chi connectivity index (χ2v) is 8.17. The Bertz CT molecular complexity index is 1340. The Kier molecular flexibility index (Phi) is 5.27. The fraction of sp³-hybridized carbons (Fsp3) is 0.208. The quantitative estimate of drug-likeness (QED) is 0.509. The Balaban J connectivity index is 1.56. The molecule has 2 heterocycles. The molecule has 1 saturated carbocycles. The van der Waals surface area contributed by atoms with E-state index in [-0.39, 0.29) is 23.8 Å². The molecule has 1 aliphatic heterocycles. The lowest BCUT2D eigenvalue weighted by Crippen LogP contribution is -2.34. The number of hydrogen-bond acceptors (Lipinski definition) is 5. The van der Waals surface area contributed by atoms with Crippen LogP contribution >= 0.6 is 0 Å². The third kappa shape index (κ3) is 4.20. The van der Waals surface area contributed by atoms with Gasteiger partial charge in [-0.05, 0) is 35.9 Å². The van der Waals surface area contributed by atoms with Gasteiger partial charge in [0.05, 0.1) is 17.5 Å². The van der Waals surface area contributed by atoms with Crippen LogP contribution in [0.2, 0.25) is 0 Å². The van der Waals surface area contributed by atoms with E-state index in [9.17, 15) is 22.8 Å². The summed E-state index contributed by atoms with van der Waals surface area (Å²) in [7, 11) is 1.47. The molecule has 0 radical (unpaired) electrons. The van der Waals surface area contributed by atoms with Gasteiger partial charge in [-0.15, -0.1) is 0 Å². The van der Waals surface area contributed by atoms with Crippen LogP contribution in [-0.4, -0.2) is 36.1 Å². The summed E-state index contributed by atoms with van der Waals surface area (Å²) in [5, 5.41) is 5.09. The number of benzene rings is 2. The van der Waals surface area contributed by atoms with Crippen LogP contribution < -0.4 is 25.8 Å². The molecule has 11 heteroatoms. The SMILES string of the molecule is CNC(=O)c1cc(Oc2cc(-c3cccc(C(F)(F)F)c3)c3c(c2)C2C(NC(N)=O)C2O3)ccn1. The number of pyridine rings is 1. The molecular weight excluding hydrogens is 465 g/mol. The minimum atomic E-state index is -4.51. The third-order valence-corrected chi connectivity index (χ3v) is 5.89.